The molecule has 0 unspecified atom stereocenters. The first kappa shape index (κ1) is 17.5. The molecule has 0 aliphatic rings. The predicted molar refractivity (Wildman–Crippen MR) is 79.9 cm³/mol. The maximum Gasteiger partial charge on any atom is 0.411 e. The average Bonchev–Trinajstić information content (AvgIpc) is 2.52. The molecule has 1 amide bonds. The second-order valence-electron chi connectivity index (χ2n) is 4.91. The van der Waals surface area contributed by atoms with Crippen molar-refractivity contribution in [2.75, 3.05) is 20.7 Å². The molecule has 0 bridgehead atoms. The molecule has 0 N–H and O–H groups in total. The van der Waals surface area contributed by atoms with E-state index in [1.807, 2.05) is 36.4 Å². The summed E-state index contributed by atoms with van der Waals surface area (Å²) in [5, 5.41) is 9.44. The van der Waals surface area contributed by atoms with Gasteiger partial charge in [-0.1, -0.05) is 30.3 Å². The van der Waals surface area contributed by atoms with Crippen LogP contribution in [0.2, 0.25) is 0 Å². The van der Waals surface area contributed by atoms with Gasteiger partial charge in [-0.25, -0.2) is 9.59 Å². The molecular formula is C16H20N2O4. The van der Waals surface area contributed by atoms with Crippen molar-refractivity contribution < 1.29 is 19.1 Å². The van der Waals surface area contributed by atoms with E-state index < -0.39 is 17.7 Å². The molecule has 1 rings (SSSR count). The van der Waals surface area contributed by atoms with Gasteiger partial charge in [-0.05, 0) is 18.9 Å². The number of benzene rings is 1. The third-order valence-electron chi connectivity index (χ3n) is 3.02. The summed E-state index contributed by atoms with van der Waals surface area (Å²) in [5.74, 6) is -0.844. The molecule has 118 valence electrons. The number of hydrogen-bond acceptors (Lipinski definition) is 5. The third-order valence-corrected chi connectivity index (χ3v) is 3.02. The van der Waals surface area contributed by atoms with Crippen LogP contribution < -0.4 is 0 Å². The Morgan fingerprint density at radius 2 is 1.91 bits per heavy atom. The number of nitrogens with zero attached hydrogens (tertiary/aromatic N) is 2. The standard InChI is InChI=1S/C16H20N2O4/c1-4-21-14(19)16(12-17,22-15(20)18(2)3)11-10-13-8-6-5-7-9-13/h5-9H,4,10-11H2,1-3H3/t16-/m1/s1. The molecule has 0 fully saturated rings. The van der Waals surface area contributed by atoms with Crippen molar-refractivity contribution in [1.82, 2.24) is 4.90 Å². The zero-order valence-corrected chi connectivity index (χ0v) is 13.0. The van der Waals surface area contributed by atoms with Gasteiger partial charge in [0.1, 0.15) is 6.07 Å². The van der Waals surface area contributed by atoms with E-state index in [1.165, 1.54) is 14.1 Å². The van der Waals surface area contributed by atoms with Gasteiger partial charge in [-0.2, -0.15) is 5.26 Å². The van der Waals surface area contributed by atoms with E-state index in [1.54, 1.807) is 6.92 Å². The van der Waals surface area contributed by atoms with Crippen molar-refractivity contribution in [3.63, 3.8) is 0 Å². The van der Waals surface area contributed by atoms with Gasteiger partial charge in [0.2, 0.25) is 0 Å². The average molecular weight is 304 g/mol. The zero-order chi connectivity index (χ0) is 16.6. The van der Waals surface area contributed by atoms with Crippen molar-refractivity contribution >= 4 is 12.1 Å². The number of nitriles is 1. The molecule has 1 aromatic carbocycles. The fourth-order valence-electron chi connectivity index (χ4n) is 1.77. The number of hydrogen-bond donors (Lipinski definition) is 0. The van der Waals surface area contributed by atoms with E-state index in [2.05, 4.69) is 0 Å². The third kappa shape index (κ3) is 4.48. The van der Waals surface area contributed by atoms with Crippen molar-refractivity contribution in [1.29, 1.82) is 5.26 Å². The largest absolute Gasteiger partial charge is 0.462 e. The number of carbonyl (C=O) groups is 2. The van der Waals surface area contributed by atoms with Crippen LogP contribution in [0.5, 0.6) is 0 Å². The lowest BCUT2D eigenvalue weighted by atomic mass is 9.96. The van der Waals surface area contributed by atoms with Gasteiger partial charge < -0.3 is 14.4 Å². The second kappa shape index (κ2) is 8.03. The summed E-state index contributed by atoms with van der Waals surface area (Å²) in [7, 11) is 2.96. The molecular weight excluding hydrogens is 284 g/mol. The Labute approximate surface area is 130 Å². The highest BCUT2D eigenvalue weighted by atomic mass is 16.6. The number of carbonyl (C=O) groups excluding carboxylic acids is 2. The molecule has 0 saturated carbocycles. The molecule has 1 atom stereocenters. The topological polar surface area (TPSA) is 79.6 Å². The summed E-state index contributed by atoms with van der Waals surface area (Å²) in [4.78, 5) is 25.1. The summed E-state index contributed by atoms with van der Waals surface area (Å²) in [5.41, 5.74) is -1.000. The molecule has 6 nitrogen and oxygen atoms in total. The van der Waals surface area contributed by atoms with E-state index >= 15 is 0 Å². The lowest BCUT2D eigenvalue weighted by Crippen LogP contribution is -2.46. The van der Waals surface area contributed by atoms with Gasteiger partial charge in [0.15, 0.2) is 0 Å². The Bertz CT molecular complexity index is 551. The Morgan fingerprint density at radius 3 is 2.41 bits per heavy atom. The molecule has 22 heavy (non-hydrogen) atoms. The Morgan fingerprint density at radius 1 is 1.27 bits per heavy atom. The molecule has 1 aromatic rings. The highest BCUT2D eigenvalue weighted by Gasteiger charge is 2.44. The van der Waals surface area contributed by atoms with Crippen molar-refractivity contribution in [2.45, 2.75) is 25.4 Å². The van der Waals surface area contributed by atoms with Crippen LogP contribution in [0.4, 0.5) is 4.79 Å². The van der Waals surface area contributed by atoms with Crippen LogP contribution >= 0.6 is 0 Å². The van der Waals surface area contributed by atoms with Gasteiger partial charge in [0.25, 0.3) is 5.60 Å². The quantitative estimate of drug-likeness (QED) is 0.752. The SMILES string of the molecule is CCOC(=O)[C@](C#N)(CCc1ccccc1)OC(=O)N(C)C. The fourth-order valence-corrected chi connectivity index (χ4v) is 1.77. The number of ether oxygens (including phenoxy) is 2. The summed E-state index contributed by atoms with van der Waals surface area (Å²) in [6.45, 7) is 1.73. The van der Waals surface area contributed by atoms with E-state index in [0.29, 0.717) is 6.42 Å². The van der Waals surface area contributed by atoms with Crippen LogP contribution in [0.15, 0.2) is 30.3 Å². The van der Waals surface area contributed by atoms with Crippen LogP contribution in [0.3, 0.4) is 0 Å². The van der Waals surface area contributed by atoms with Crippen LogP contribution in [-0.4, -0.2) is 43.3 Å². The molecule has 0 heterocycles. The monoisotopic (exact) mass is 304 g/mol. The second-order valence-corrected chi connectivity index (χ2v) is 4.91. The minimum absolute atomic E-state index is 0.0337. The predicted octanol–water partition coefficient (Wildman–Crippen LogP) is 2.14. The maximum absolute atomic E-state index is 12.1. The normalized spacial score (nSPS) is 12.6. The lowest BCUT2D eigenvalue weighted by molar-refractivity contribution is -0.160. The maximum atomic E-state index is 12.1. The van der Waals surface area contributed by atoms with Crippen LogP contribution in [0.1, 0.15) is 18.9 Å². The summed E-state index contributed by atoms with van der Waals surface area (Å²) < 4.78 is 10.0. The van der Waals surface area contributed by atoms with Gasteiger partial charge in [-0.3, -0.25) is 0 Å². The van der Waals surface area contributed by atoms with E-state index in [0.717, 1.165) is 10.5 Å². The minimum Gasteiger partial charge on any atom is -0.462 e. The lowest BCUT2D eigenvalue weighted by Gasteiger charge is -2.26. The Kier molecular flexibility index (Phi) is 6.39. The van der Waals surface area contributed by atoms with E-state index in [-0.39, 0.29) is 13.0 Å². The van der Waals surface area contributed by atoms with E-state index in [4.69, 9.17) is 9.47 Å². The first-order chi connectivity index (χ1) is 10.4. The molecule has 0 aliphatic heterocycles. The fraction of sp³-hybridized carbons (Fsp3) is 0.438. The van der Waals surface area contributed by atoms with Crippen LogP contribution in [-0.2, 0) is 20.7 Å². The first-order valence-electron chi connectivity index (χ1n) is 6.98. The summed E-state index contributed by atoms with van der Waals surface area (Å²) in [6.07, 6.45) is -0.317. The highest BCUT2D eigenvalue weighted by Crippen LogP contribution is 2.22. The summed E-state index contributed by atoms with van der Waals surface area (Å²) in [6, 6.07) is 11.2. The van der Waals surface area contributed by atoms with Crippen molar-refractivity contribution in [2.24, 2.45) is 0 Å². The smallest absolute Gasteiger partial charge is 0.411 e. The van der Waals surface area contributed by atoms with Gasteiger partial charge >= 0.3 is 12.1 Å². The molecule has 0 aliphatic carbocycles. The van der Waals surface area contributed by atoms with E-state index in [9.17, 15) is 14.9 Å². The molecule has 0 aromatic heterocycles. The molecule has 0 radical (unpaired) electrons. The van der Waals surface area contributed by atoms with Gasteiger partial charge in [0, 0.05) is 20.5 Å². The number of amides is 1. The highest BCUT2D eigenvalue weighted by molar-refractivity contribution is 5.86. The first-order valence-corrected chi connectivity index (χ1v) is 6.98. The number of rotatable bonds is 6. The van der Waals surface area contributed by atoms with Crippen LogP contribution in [0.25, 0.3) is 0 Å². The number of aryl methyl sites for hydroxylation is 1. The summed E-state index contributed by atoms with van der Waals surface area (Å²) >= 11 is 0. The van der Waals surface area contributed by atoms with Crippen molar-refractivity contribution in [3.8, 4) is 6.07 Å². The zero-order valence-electron chi connectivity index (χ0n) is 13.0. The van der Waals surface area contributed by atoms with Crippen molar-refractivity contribution in [3.05, 3.63) is 35.9 Å². The number of esters is 1. The van der Waals surface area contributed by atoms with Crippen LogP contribution in [0, 0.1) is 11.3 Å². The molecule has 0 spiro atoms. The van der Waals surface area contributed by atoms with Gasteiger partial charge in [-0.15, -0.1) is 0 Å². The minimum atomic E-state index is -1.94. The Balaban J connectivity index is 2.96. The molecule has 6 heteroatoms. The molecule has 0 saturated heterocycles. The van der Waals surface area contributed by atoms with Gasteiger partial charge in [0.05, 0.1) is 6.61 Å². The Hall–Kier alpha value is -2.55.